The van der Waals surface area contributed by atoms with E-state index >= 15 is 0 Å². The van der Waals surface area contributed by atoms with Crippen molar-refractivity contribution in [2.45, 2.75) is 19.8 Å². The topological polar surface area (TPSA) is 58.5 Å². The zero-order valence-electron chi connectivity index (χ0n) is 19.4. The van der Waals surface area contributed by atoms with Crippen molar-refractivity contribution in [3.8, 4) is 23.0 Å². The van der Waals surface area contributed by atoms with E-state index in [9.17, 15) is 12.9 Å². The summed E-state index contributed by atoms with van der Waals surface area (Å²) in [6.45, 7) is 3.15. The Morgan fingerprint density at radius 3 is 1.70 bits per heavy atom. The van der Waals surface area contributed by atoms with Crippen LogP contribution in [0.3, 0.4) is 0 Å². The summed E-state index contributed by atoms with van der Waals surface area (Å²) in [5.41, 5.74) is 2.18. The summed E-state index contributed by atoms with van der Waals surface area (Å²) in [6, 6.07) is 11.7. The van der Waals surface area contributed by atoms with Gasteiger partial charge in [-0.2, -0.15) is 0 Å². The van der Waals surface area contributed by atoms with Crippen LogP contribution in [0.15, 0.2) is 41.4 Å². The van der Waals surface area contributed by atoms with Crippen LogP contribution in [0.25, 0.3) is 0 Å². The summed E-state index contributed by atoms with van der Waals surface area (Å²) in [5.74, 6) is 3.54. The zero-order valence-corrected chi connectivity index (χ0v) is 19.4. The number of methoxy groups -OCH3 is 4. The lowest BCUT2D eigenvalue weighted by atomic mass is 10.1. The quantitative estimate of drug-likeness (QED) is 0.210. The van der Waals surface area contributed by atoms with E-state index in [-0.39, 0.29) is 4.70 Å². The van der Waals surface area contributed by atoms with Crippen molar-refractivity contribution >= 4 is 13.4 Å². The van der Waals surface area contributed by atoms with Gasteiger partial charge in [-0.15, -0.1) is 0 Å². The van der Waals surface area contributed by atoms with Crippen LogP contribution in [0, 0.1) is 0 Å². The molecule has 184 valence electrons. The molecule has 6 nitrogen and oxygen atoms in total. The molecule has 0 atom stereocenters. The van der Waals surface area contributed by atoms with Crippen LogP contribution >= 0.6 is 0 Å². The smallest absolute Gasteiger partial charge is 0.493 e. The second-order valence-electron chi connectivity index (χ2n) is 6.26. The Balaban J connectivity index is 0.00000189. The van der Waals surface area contributed by atoms with Crippen LogP contribution in [-0.2, 0) is 17.6 Å². The molecular formula is C22H30BF4NO5. The van der Waals surface area contributed by atoms with E-state index < -0.39 is 7.54 Å². The average Bonchev–Trinajstić information content (AvgIpc) is 2.78. The van der Waals surface area contributed by atoms with Crippen LogP contribution in [0.2, 0.25) is 0 Å². The van der Waals surface area contributed by atoms with E-state index in [1.165, 1.54) is 0 Å². The summed E-state index contributed by atoms with van der Waals surface area (Å²) in [7, 11) is 2.85. The Morgan fingerprint density at radius 1 is 0.788 bits per heavy atom. The first-order valence-corrected chi connectivity index (χ1v) is 9.88. The predicted octanol–water partition coefficient (Wildman–Crippen LogP) is 4.97. The number of hydrogen-bond donors (Lipinski definition) is 0. The fraction of sp³-hybridized carbons (Fsp3) is 0.409. The Bertz CT molecular complexity index is 853. The van der Waals surface area contributed by atoms with Crippen molar-refractivity contribution in [1.82, 2.24) is 0 Å². The van der Waals surface area contributed by atoms with Gasteiger partial charge in [0.25, 0.3) is 0 Å². The number of aliphatic imine (C=N–C) groups is 1. The second-order valence-corrected chi connectivity index (χ2v) is 6.26. The molecule has 2 rings (SSSR count). The van der Waals surface area contributed by atoms with Crippen LogP contribution < -0.4 is 18.9 Å². The van der Waals surface area contributed by atoms with Crippen LogP contribution in [0.5, 0.6) is 23.0 Å². The third-order valence-electron chi connectivity index (χ3n) is 4.25. The maximum Gasteiger partial charge on any atom is 0.762 e. The fourth-order valence-electron chi connectivity index (χ4n) is 2.83. The van der Waals surface area contributed by atoms with E-state index in [4.69, 9.17) is 23.7 Å². The molecule has 0 amide bonds. The molecule has 0 radical (unpaired) electrons. The van der Waals surface area contributed by atoms with E-state index in [0.29, 0.717) is 37.0 Å². The SMILES string of the molecule is CCOC(Cc1ccc(OC)c(OC)c1)=NCCc1ccc(OC)c(OC)c1.F.FB(F)F. The van der Waals surface area contributed by atoms with E-state index in [1.807, 2.05) is 43.3 Å². The number of halogens is 4. The van der Waals surface area contributed by atoms with Gasteiger partial charge in [-0.3, -0.25) is 22.6 Å². The fourth-order valence-corrected chi connectivity index (χ4v) is 2.83. The minimum atomic E-state index is -3.67. The molecule has 0 aliphatic rings. The summed E-state index contributed by atoms with van der Waals surface area (Å²) < 4.78 is 56.0. The number of nitrogens with zero attached hydrogens (tertiary/aromatic N) is 1. The molecular weight excluding hydrogens is 445 g/mol. The molecule has 33 heavy (non-hydrogen) atoms. The molecule has 0 saturated carbocycles. The van der Waals surface area contributed by atoms with Gasteiger partial charge in [0.05, 0.1) is 35.0 Å². The lowest BCUT2D eigenvalue weighted by Gasteiger charge is -2.12. The molecule has 2 aromatic rings. The summed E-state index contributed by atoms with van der Waals surface area (Å²) in [4.78, 5) is 4.65. The van der Waals surface area contributed by atoms with Crippen molar-refractivity contribution in [3.05, 3.63) is 47.5 Å². The van der Waals surface area contributed by atoms with Crippen LogP contribution in [-0.4, -0.2) is 55.0 Å². The van der Waals surface area contributed by atoms with E-state index in [0.717, 1.165) is 29.0 Å². The van der Waals surface area contributed by atoms with Crippen molar-refractivity contribution < 1.29 is 41.3 Å². The van der Waals surface area contributed by atoms with Gasteiger partial charge in [0.1, 0.15) is 0 Å². The lowest BCUT2D eigenvalue weighted by molar-refractivity contribution is 0.318. The molecule has 2 aromatic carbocycles. The van der Waals surface area contributed by atoms with Crippen LogP contribution in [0.1, 0.15) is 18.1 Å². The van der Waals surface area contributed by atoms with Crippen molar-refractivity contribution in [1.29, 1.82) is 0 Å². The number of benzene rings is 2. The van der Waals surface area contributed by atoms with Gasteiger partial charge >= 0.3 is 7.54 Å². The Hall–Kier alpha value is -3.11. The van der Waals surface area contributed by atoms with Crippen molar-refractivity contribution in [2.24, 2.45) is 4.99 Å². The third-order valence-corrected chi connectivity index (χ3v) is 4.25. The number of hydrogen-bond acceptors (Lipinski definition) is 6. The minimum Gasteiger partial charge on any atom is -0.493 e. The van der Waals surface area contributed by atoms with Gasteiger partial charge in [0.2, 0.25) is 0 Å². The molecule has 11 heteroatoms. The first kappa shape index (κ1) is 29.9. The van der Waals surface area contributed by atoms with Gasteiger partial charge in [0.15, 0.2) is 28.9 Å². The highest BCUT2D eigenvalue weighted by molar-refractivity contribution is 6.33. The van der Waals surface area contributed by atoms with Crippen molar-refractivity contribution in [2.75, 3.05) is 41.6 Å². The molecule has 0 bridgehead atoms. The molecule has 0 aromatic heterocycles. The highest BCUT2D eigenvalue weighted by Gasteiger charge is 2.09. The van der Waals surface area contributed by atoms with E-state index in [1.54, 1.807) is 28.4 Å². The Labute approximate surface area is 192 Å². The molecule has 0 fully saturated rings. The zero-order chi connectivity index (χ0) is 23.9. The summed E-state index contributed by atoms with van der Waals surface area (Å²) in [6.07, 6.45) is 1.38. The molecule has 0 spiro atoms. The molecule has 0 aliphatic carbocycles. The minimum absolute atomic E-state index is 0. The Kier molecular flexibility index (Phi) is 15.0. The summed E-state index contributed by atoms with van der Waals surface area (Å²) >= 11 is 0. The largest absolute Gasteiger partial charge is 0.762 e. The standard InChI is InChI=1S/C22H29NO5.BF3.FH/c1-6-28-22(15-17-8-10-19(25-3)21(14-17)27-5)23-12-11-16-7-9-18(24-2)20(13-16)26-4;2-1(3)4;/h7-10,13-14H,6,11-12,15H2,1-5H3;;1H. The van der Waals surface area contributed by atoms with Crippen molar-refractivity contribution in [3.63, 3.8) is 0 Å². The average molecular weight is 475 g/mol. The highest BCUT2D eigenvalue weighted by atomic mass is 19.4. The third kappa shape index (κ3) is 10.8. The maximum atomic E-state index is 9.67. The highest BCUT2D eigenvalue weighted by Crippen LogP contribution is 2.28. The Morgan fingerprint density at radius 2 is 1.24 bits per heavy atom. The second kappa shape index (κ2) is 16.5. The number of ether oxygens (including phenoxy) is 5. The summed E-state index contributed by atoms with van der Waals surface area (Å²) in [5, 5.41) is 0. The lowest BCUT2D eigenvalue weighted by Crippen LogP contribution is -2.10. The number of rotatable bonds is 10. The molecule has 0 aliphatic heterocycles. The van der Waals surface area contributed by atoms with E-state index in [2.05, 4.69) is 4.99 Å². The maximum absolute atomic E-state index is 9.67. The first-order chi connectivity index (χ1) is 15.4. The van der Waals surface area contributed by atoms with Gasteiger partial charge in [-0.25, -0.2) is 0 Å². The van der Waals surface area contributed by atoms with Gasteiger partial charge in [-0.05, 0) is 48.7 Å². The molecule has 0 unspecified atom stereocenters. The monoisotopic (exact) mass is 475 g/mol. The molecule has 0 saturated heterocycles. The first-order valence-electron chi connectivity index (χ1n) is 9.88. The van der Waals surface area contributed by atoms with Gasteiger partial charge in [0, 0.05) is 13.0 Å². The van der Waals surface area contributed by atoms with Gasteiger partial charge < -0.3 is 23.7 Å². The van der Waals surface area contributed by atoms with Crippen LogP contribution in [0.4, 0.5) is 17.7 Å². The normalized spacial score (nSPS) is 10.2. The molecule has 0 N–H and O–H groups in total. The van der Waals surface area contributed by atoms with Gasteiger partial charge in [-0.1, -0.05) is 12.1 Å². The predicted molar refractivity (Wildman–Crippen MR) is 122 cm³/mol. The molecule has 0 heterocycles.